The maximum atomic E-state index is 12.1. The molecule has 1 heterocycles. The highest BCUT2D eigenvalue weighted by Crippen LogP contribution is 2.30. The second-order valence-corrected chi connectivity index (χ2v) is 6.92. The van der Waals surface area contributed by atoms with Crippen LogP contribution in [-0.4, -0.2) is 31.4 Å². The topological polar surface area (TPSA) is 64.6 Å². The van der Waals surface area contributed by atoms with Crippen molar-refractivity contribution in [1.29, 1.82) is 0 Å². The van der Waals surface area contributed by atoms with E-state index in [9.17, 15) is 9.59 Å². The number of benzene rings is 2. The molecule has 1 aliphatic rings. The lowest BCUT2D eigenvalue weighted by Gasteiger charge is -2.18. The number of rotatable bonds is 7. The number of nitrogens with one attached hydrogen (secondary N) is 1. The largest absolute Gasteiger partial charge is 0.486 e. The second-order valence-electron chi connectivity index (χ2n) is 6.01. The van der Waals surface area contributed by atoms with Gasteiger partial charge in [-0.1, -0.05) is 34.1 Å². The van der Waals surface area contributed by atoms with Gasteiger partial charge in [-0.2, -0.15) is 0 Å². The lowest BCUT2D eigenvalue weighted by atomic mass is 10.1. The van der Waals surface area contributed by atoms with Gasteiger partial charge in [0, 0.05) is 29.4 Å². The van der Waals surface area contributed by atoms with E-state index in [1.165, 1.54) is 0 Å². The minimum absolute atomic E-state index is 0.0283. The summed E-state index contributed by atoms with van der Waals surface area (Å²) in [6.45, 7) is 1.64. The lowest BCUT2D eigenvalue weighted by molar-refractivity contribution is -0.121. The highest BCUT2D eigenvalue weighted by Gasteiger charge is 2.12. The molecule has 0 fully saturated rings. The van der Waals surface area contributed by atoms with Gasteiger partial charge in [-0.3, -0.25) is 9.59 Å². The zero-order chi connectivity index (χ0) is 18.4. The number of carbonyl (C=O) groups excluding carboxylic acids is 2. The molecule has 26 heavy (non-hydrogen) atoms. The average molecular weight is 418 g/mol. The van der Waals surface area contributed by atoms with Gasteiger partial charge < -0.3 is 14.8 Å². The smallest absolute Gasteiger partial charge is 0.220 e. The van der Waals surface area contributed by atoms with E-state index in [0.717, 1.165) is 21.5 Å². The van der Waals surface area contributed by atoms with Gasteiger partial charge in [-0.15, -0.1) is 0 Å². The molecular formula is C20H20BrNO4. The fraction of sp³-hybridized carbons (Fsp3) is 0.300. The number of ether oxygens (including phenoxy) is 2. The van der Waals surface area contributed by atoms with Crippen molar-refractivity contribution in [2.24, 2.45) is 0 Å². The first-order chi connectivity index (χ1) is 12.6. The Morgan fingerprint density at radius 3 is 2.46 bits per heavy atom. The van der Waals surface area contributed by atoms with E-state index in [2.05, 4.69) is 21.2 Å². The summed E-state index contributed by atoms with van der Waals surface area (Å²) >= 11 is 3.33. The second kappa shape index (κ2) is 8.85. The Morgan fingerprint density at radius 2 is 1.69 bits per heavy atom. The van der Waals surface area contributed by atoms with Crippen LogP contribution in [0.15, 0.2) is 46.9 Å². The molecule has 2 aromatic carbocycles. The van der Waals surface area contributed by atoms with Crippen molar-refractivity contribution in [3.8, 4) is 11.5 Å². The summed E-state index contributed by atoms with van der Waals surface area (Å²) < 4.78 is 12.0. The van der Waals surface area contributed by atoms with Gasteiger partial charge >= 0.3 is 0 Å². The molecule has 3 rings (SSSR count). The Labute approximate surface area is 160 Å². The van der Waals surface area contributed by atoms with Gasteiger partial charge in [-0.05, 0) is 36.2 Å². The van der Waals surface area contributed by atoms with Crippen molar-refractivity contribution in [1.82, 2.24) is 5.32 Å². The molecule has 1 amide bonds. The van der Waals surface area contributed by atoms with Gasteiger partial charge in [0.2, 0.25) is 5.91 Å². The maximum Gasteiger partial charge on any atom is 0.220 e. The summed E-state index contributed by atoms with van der Waals surface area (Å²) in [7, 11) is 0. The van der Waals surface area contributed by atoms with E-state index in [0.29, 0.717) is 31.7 Å². The Balaban J connectivity index is 1.40. The quantitative estimate of drug-likeness (QED) is 0.699. The fourth-order valence-electron chi connectivity index (χ4n) is 2.69. The molecule has 0 spiro atoms. The van der Waals surface area contributed by atoms with Crippen LogP contribution in [0.1, 0.15) is 28.8 Å². The van der Waals surface area contributed by atoms with Crippen molar-refractivity contribution in [3.05, 3.63) is 58.1 Å². The summed E-state index contributed by atoms with van der Waals surface area (Å²) in [5, 5.41) is 2.86. The van der Waals surface area contributed by atoms with Crippen LogP contribution >= 0.6 is 15.9 Å². The van der Waals surface area contributed by atoms with Gasteiger partial charge in [0.05, 0.1) is 0 Å². The van der Waals surface area contributed by atoms with E-state index in [1.807, 2.05) is 30.3 Å². The Hall–Kier alpha value is -2.34. The fourth-order valence-corrected chi connectivity index (χ4v) is 2.95. The minimum atomic E-state index is -0.118. The molecule has 0 aliphatic carbocycles. The minimum Gasteiger partial charge on any atom is -0.486 e. The summed E-state index contributed by atoms with van der Waals surface area (Å²) in [5.41, 5.74) is 1.69. The van der Waals surface area contributed by atoms with E-state index < -0.39 is 0 Å². The van der Waals surface area contributed by atoms with E-state index in [1.54, 1.807) is 12.1 Å². The lowest BCUT2D eigenvalue weighted by Crippen LogP contribution is -2.26. The van der Waals surface area contributed by atoms with E-state index in [-0.39, 0.29) is 24.5 Å². The molecule has 136 valence electrons. The first-order valence-corrected chi connectivity index (χ1v) is 9.35. The summed E-state index contributed by atoms with van der Waals surface area (Å²) in [6, 6.07) is 13.0. The molecule has 5 nitrogen and oxygen atoms in total. The summed E-state index contributed by atoms with van der Waals surface area (Å²) in [6.07, 6.45) is 1.09. The van der Waals surface area contributed by atoms with Gasteiger partial charge in [-0.25, -0.2) is 0 Å². The molecule has 6 heteroatoms. The summed E-state index contributed by atoms with van der Waals surface area (Å²) in [5.74, 6) is 1.36. The monoisotopic (exact) mass is 417 g/mol. The molecule has 0 saturated heterocycles. The van der Waals surface area contributed by atoms with Crippen LogP contribution in [0.3, 0.4) is 0 Å². The first-order valence-electron chi connectivity index (χ1n) is 8.56. The van der Waals surface area contributed by atoms with Crippen molar-refractivity contribution in [2.45, 2.75) is 19.3 Å². The molecule has 0 unspecified atom stereocenters. The standard InChI is InChI=1S/C20H20BrNO4/c21-16-4-2-15(3-5-16)17(23)6-8-20(24)22-10-9-14-1-7-18-19(13-14)26-12-11-25-18/h1-5,7,13H,6,8-12H2,(H,22,24). The number of halogens is 1. The first kappa shape index (κ1) is 18.5. The van der Waals surface area contributed by atoms with Crippen LogP contribution in [0, 0.1) is 0 Å². The van der Waals surface area contributed by atoms with Crippen LogP contribution in [0.2, 0.25) is 0 Å². The van der Waals surface area contributed by atoms with Crippen LogP contribution in [0.4, 0.5) is 0 Å². The van der Waals surface area contributed by atoms with Crippen LogP contribution in [0.5, 0.6) is 11.5 Å². The Kier molecular flexibility index (Phi) is 6.28. The average Bonchev–Trinajstić information content (AvgIpc) is 2.66. The van der Waals surface area contributed by atoms with Gasteiger partial charge in [0.15, 0.2) is 17.3 Å². The Morgan fingerprint density at radius 1 is 0.962 bits per heavy atom. The van der Waals surface area contributed by atoms with Gasteiger partial charge in [0.1, 0.15) is 13.2 Å². The normalized spacial score (nSPS) is 12.5. The third kappa shape index (κ3) is 5.08. The SMILES string of the molecule is O=C(CCC(=O)c1ccc(Br)cc1)NCCc1ccc2c(c1)OCCO2. The van der Waals surface area contributed by atoms with Crippen LogP contribution in [0.25, 0.3) is 0 Å². The number of carbonyl (C=O) groups is 2. The molecule has 1 N–H and O–H groups in total. The highest BCUT2D eigenvalue weighted by molar-refractivity contribution is 9.10. The van der Waals surface area contributed by atoms with Crippen molar-refractivity contribution in [2.75, 3.05) is 19.8 Å². The molecule has 0 aromatic heterocycles. The molecule has 0 atom stereocenters. The highest BCUT2D eigenvalue weighted by atomic mass is 79.9. The predicted molar refractivity (Wildman–Crippen MR) is 102 cm³/mol. The third-order valence-corrected chi connectivity index (χ3v) is 4.62. The number of hydrogen-bond donors (Lipinski definition) is 1. The number of amides is 1. The predicted octanol–water partition coefficient (Wildman–Crippen LogP) is 3.54. The number of ketones is 1. The molecule has 0 radical (unpaired) electrons. The molecular weight excluding hydrogens is 398 g/mol. The summed E-state index contributed by atoms with van der Waals surface area (Å²) in [4.78, 5) is 24.0. The van der Waals surface area contributed by atoms with E-state index in [4.69, 9.17) is 9.47 Å². The van der Waals surface area contributed by atoms with Crippen LogP contribution < -0.4 is 14.8 Å². The zero-order valence-electron chi connectivity index (χ0n) is 14.3. The Bertz CT molecular complexity index is 789. The number of Topliss-reactive ketones (excluding diaryl/α,β-unsaturated/α-hetero) is 1. The van der Waals surface area contributed by atoms with Crippen LogP contribution in [-0.2, 0) is 11.2 Å². The van der Waals surface area contributed by atoms with Crippen molar-refractivity contribution in [3.63, 3.8) is 0 Å². The van der Waals surface area contributed by atoms with Crippen molar-refractivity contribution >= 4 is 27.6 Å². The molecule has 0 saturated carbocycles. The number of fused-ring (bicyclic) bond motifs is 1. The van der Waals surface area contributed by atoms with Gasteiger partial charge in [0.25, 0.3) is 0 Å². The van der Waals surface area contributed by atoms with E-state index >= 15 is 0 Å². The molecule has 0 bridgehead atoms. The maximum absolute atomic E-state index is 12.1. The number of hydrogen-bond acceptors (Lipinski definition) is 4. The molecule has 1 aliphatic heterocycles. The van der Waals surface area contributed by atoms with Crippen molar-refractivity contribution < 1.29 is 19.1 Å². The zero-order valence-corrected chi connectivity index (χ0v) is 15.9. The molecule has 2 aromatic rings. The third-order valence-electron chi connectivity index (χ3n) is 4.09.